The fourth-order valence-corrected chi connectivity index (χ4v) is 6.48. The van der Waals surface area contributed by atoms with Gasteiger partial charge in [-0.2, -0.15) is 8.42 Å². The summed E-state index contributed by atoms with van der Waals surface area (Å²) in [6.07, 6.45) is 5.65. The first kappa shape index (κ1) is 25.2. The van der Waals surface area contributed by atoms with Crippen LogP contribution in [0.2, 0.25) is 5.02 Å². The van der Waals surface area contributed by atoms with Crippen molar-refractivity contribution >= 4 is 44.8 Å². The first-order chi connectivity index (χ1) is 17.3. The molecule has 0 amide bonds. The van der Waals surface area contributed by atoms with Gasteiger partial charge in [-0.3, -0.25) is 8.98 Å². The summed E-state index contributed by atoms with van der Waals surface area (Å²) in [5.74, 6) is 0.325. The zero-order chi connectivity index (χ0) is 25.3. The van der Waals surface area contributed by atoms with E-state index in [9.17, 15) is 13.2 Å². The molecule has 2 aromatic heterocycles. The first-order valence-electron chi connectivity index (χ1n) is 11.6. The van der Waals surface area contributed by atoms with Gasteiger partial charge in [-0.05, 0) is 60.9 Å². The second-order valence-corrected chi connectivity index (χ2v) is 11.7. The number of carbonyl (C=O) groups excluding carboxylic acids is 1. The normalized spacial score (nSPS) is 21.8. The molecule has 1 aliphatic carbocycles. The Bertz CT molecular complexity index is 1380. The highest BCUT2D eigenvalue weighted by molar-refractivity contribution is 7.84. The summed E-state index contributed by atoms with van der Waals surface area (Å²) in [6, 6.07) is 9.56. The Morgan fingerprint density at radius 1 is 1.28 bits per heavy atom. The molecule has 9 nitrogen and oxygen atoms in total. The van der Waals surface area contributed by atoms with Gasteiger partial charge in [-0.25, -0.2) is 15.1 Å². The Hall–Kier alpha value is -2.41. The highest BCUT2D eigenvalue weighted by Gasteiger charge is 2.29. The molecule has 0 radical (unpaired) electrons. The van der Waals surface area contributed by atoms with Crippen molar-refractivity contribution in [2.24, 2.45) is 11.1 Å². The average Bonchev–Trinajstić information content (AvgIpc) is 3.52. The van der Waals surface area contributed by atoms with E-state index >= 15 is 0 Å². The third-order valence-electron chi connectivity index (χ3n) is 6.49. The number of ketones is 1. The number of thiophene rings is 1. The maximum Gasteiger partial charge on any atom is 0.333 e. The summed E-state index contributed by atoms with van der Waals surface area (Å²) in [5.41, 5.74) is 2.49. The number of nitrogens with one attached hydrogen (secondary N) is 1. The fourth-order valence-electron chi connectivity index (χ4n) is 4.79. The van der Waals surface area contributed by atoms with Gasteiger partial charge < -0.3 is 10.1 Å². The van der Waals surface area contributed by atoms with Gasteiger partial charge >= 0.3 is 10.3 Å². The molecule has 2 unspecified atom stereocenters. The van der Waals surface area contributed by atoms with Crippen LogP contribution in [0, 0.1) is 5.92 Å². The van der Waals surface area contributed by atoms with Crippen LogP contribution in [-0.2, 0) is 25.6 Å². The molecule has 12 heteroatoms. The van der Waals surface area contributed by atoms with Crippen LogP contribution in [0.25, 0.3) is 0 Å². The highest BCUT2D eigenvalue weighted by Crippen LogP contribution is 2.39. The summed E-state index contributed by atoms with van der Waals surface area (Å²) < 4.78 is 32.9. The minimum absolute atomic E-state index is 0.0244. The number of anilines is 1. The van der Waals surface area contributed by atoms with Crippen molar-refractivity contribution in [1.82, 2.24) is 9.97 Å². The first-order valence-corrected chi connectivity index (χ1v) is 14.2. The summed E-state index contributed by atoms with van der Waals surface area (Å²) in [5, 5.41) is 8.99. The molecule has 3 N–H and O–H groups in total. The molecule has 36 heavy (non-hydrogen) atoms. The monoisotopic (exact) mass is 548 g/mol. The molecular formula is C24H25ClN4O5S2. The zero-order valence-electron chi connectivity index (χ0n) is 19.2. The Labute approximate surface area is 218 Å². The molecule has 3 heterocycles. The van der Waals surface area contributed by atoms with E-state index < -0.39 is 10.3 Å². The van der Waals surface area contributed by atoms with E-state index in [0.29, 0.717) is 29.3 Å². The van der Waals surface area contributed by atoms with Crippen LogP contribution in [0.5, 0.6) is 0 Å². The second kappa shape index (κ2) is 10.5. The van der Waals surface area contributed by atoms with Gasteiger partial charge in [0.25, 0.3) is 0 Å². The molecule has 5 rings (SSSR count). The van der Waals surface area contributed by atoms with Gasteiger partial charge in [0.1, 0.15) is 18.2 Å². The number of nitrogens with zero attached hydrogens (tertiary/aromatic N) is 2. The number of aromatic nitrogens is 2. The van der Waals surface area contributed by atoms with Crippen LogP contribution in [0.3, 0.4) is 0 Å². The topological polar surface area (TPSA) is 134 Å². The van der Waals surface area contributed by atoms with Gasteiger partial charge in [0.05, 0.1) is 23.7 Å². The SMILES string of the molecule is NS(=O)(=O)OCC1CC[C@H](Nc2ncncc2C(=O)c2ccc(C3OCCc4c(Cl)cccc43)s2)C1. The van der Waals surface area contributed by atoms with Crippen molar-refractivity contribution in [3.63, 3.8) is 0 Å². The van der Waals surface area contributed by atoms with Gasteiger partial charge in [0.2, 0.25) is 5.78 Å². The lowest BCUT2D eigenvalue weighted by Crippen LogP contribution is -2.22. The maximum absolute atomic E-state index is 13.4. The smallest absolute Gasteiger partial charge is 0.333 e. The summed E-state index contributed by atoms with van der Waals surface area (Å²) in [7, 11) is -3.96. The molecule has 0 spiro atoms. The van der Waals surface area contributed by atoms with E-state index in [1.165, 1.54) is 23.9 Å². The summed E-state index contributed by atoms with van der Waals surface area (Å²) >= 11 is 7.78. The van der Waals surface area contributed by atoms with Gasteiger partial charge in [0, 0.05) is 22.1 Å². The molecule has 1 fully saturated rings. The predicted octanol–water partition coefficient (Wildman–Crippen LogP) is 3.89. The van der Waals surface area contributed by atoms with E-state index in [2.05, 4.69) is 15.3 Å². The van der Waals surface area contributed by atoms with Crippen LogP contribution in [0.15, 0.2) is 42.9 Å². The molecule has 0 bridgehead atoms. The van der Waals surface area contributed by atoms with E-state index in [-0.39, 0.29) is 30.5 Å². The van der Waals surface area contributed by atoms with Crippen LogP contribution in [-0.4, -0.2) is 43.4 Å². The van der Waals surface area contributed by atoms with E-state index in [1.54, 1.807) is 6.07 Å². The number of fused-ring (bicyclic) bond motifs is 1. The third kappa shape index (κ3) is 5.61. The number of hydrogen-bond donors (Lipinski definition) is 2. The number of halogens is 1. The number of hydrogen-bond acceptors (Lipinski definition) is 9. The van der Waals surface area contributed by atoms with Crippen molar-refractivity contribution in [3.05, 3.63) is 74.3 Å². The minimum Gasteiger partial charge on any atom is -0.368 e. The highest BCUT2D eigenvalue weighted by atomic mass is 35.5. The molecule has 190 valence electrons. The standard InChI is InChI=1S/C24H25ClN4O5S2/c25-19-3-1-2-17-16(19)8-9-33-23(17)21-7-6-20(35-21)22(30)18-11-27-13-28-24(18)29-15-5-4-14(10-15)12-34-36(26,31)32/h1-3,6-7,11,13-15,23H,4-5,8-10,12H2,(H2,26,31,32)(H,27,28,29)/t14?,15-,23?/m0/s1. The van der Waals surface area contributed by atoms with E-state index in [1.807, 2.05) is 24.3 Å². The lowest BCUT2D eigenvalue weighted by atomic mass is 9.96. The fraction of sp³-hybridized carbons (Fsp3) is 0.375. The molecule has 1 aliphatic heterocycles. The van der Waals surface area contributed by atoms with E-state index in [4.69, 9.17) is 25.7 Å². The summed E-state index contributed by atoms with van der Waals surface area (Å²) in [6.45, 7) is 0.607. The minimum atomic E-state index is -3.96. The molecule has 1 saturated carbocycles. The Morgan fingerprint density at radius 2 is 2.14 bits per heavy atom. The molecule has 3 aromatic rings. The van der Waals surface area contributed by atoms with Gasteiger partial charge in [0.15, 0.2) is 0 Å². The van der Waals surface area contributed by atoms with Crippen molar-refractivity contribution in [3.8, 4) is 0 Å². The van der Waals surface area contributed by atoms with Gasteiger partial charge in [-0.1, -0.05) is 23.7 Å². The largest absolute Gasteiger partial charge is 0.368 e. The van der Waals surface area contributed by atoms with Crippen LogP contribution in [0.1, 0.15) is 56.6 Å². The molecule has 3 atom stereocenters. The van der Waals surface area contributed by atoms with Crippen molar-refractivity contribution in [2.75, 3.05) is 18.5 Å². The van der Waals surface area contributed by atoms with Crippen LogP contribution >= 0.6 is 22.9 Å². The average molecular weight is 549 g/mol. The number of rotatable bonds is 8. The Morgan fingerprint density at radius 3 is 2.97 bits per heavy atom. The number of benzene rings is 1. The van der Waals surface area contributed by atoms with Gasteiger partial charge in [-0.15, -0.1) is 11.3 Å². The maximum atomic E-state index is 13.4. The Kier molecular flexibility index (Phi) is 7.38. The lowest BCUT2D eigenvalue weighted by molar-refractivity contribution is 0.0722. The van der Waals surface area contributed by atoms with Crippen LogP contribution < -0.4 is 10.5 Å². The molecule has 2 aliphatic rings. The lowest BCUT2D eigenvalue weighted by Gasteiger charge is -2.26. The summed E-state index contributed by atoms with van der Waals surface area (Å²) in [4.78, 5) is 23.3. The van der Waals surface area contributed by atoms with Crippen LogP contribution in [0.4, 0.5) is 5.82 Å². The predicted molar refractivity (Wildman–Crippen MR) is 137 cm³/mol. The van der Waals surface area contributed by atoms with Crippen molar-refractivity contribution in [2.45, 2.75) is 37.8 Å². The zero-order valence-corrected chi connectivity index (χ0v) is 21.6. The van der Waals surface area contributed by atoms with E-state index in [0.717, 1.165) is 40.3 Å². The number of nitrogens with two attached hydrogens (primary N) is 1. The Balaban J connectivity index is 1.30. The number of carbonyl (C=O) groups is 1. The quantitative estimate of drug-likeness (QED) is 0.405. The third-order valence-corrected chi connectivity index (χ3v) is 8.44. The molecular weight excluding hydrogens is 524 g/mol. The molecule has 0 saturated heterocycles. The molecule has 1 aromatic carbocycles. The number of ether oxygens (including phenoxy) is 1. The second-order valence-electron chi connectivity index (χ2n) is 8.92. The van der Waals surface area contributed by atoms with Crippen molar-refractivity contribution < 1.29 is 22.1 Å². The van der Waals surface area contributed by atoms with Crippen molar-refractivity contribution in [1.29, 1.82) is 0 Å².